The summed E-state index contributed by atoms with van der Waals surface area (Å²) in [7, 11) is 0. The SMILES string of the molecule is Oc1cc2c(c(O)c1-c1ccccc1)OCO2. The molecule has 0 spiro atoms. The molecule has 17 heavy (non-hydrogen) atoms. The first-order valence-electron chi connectivity index (χ1n) is 5.17. The van der Waals surface area contributed by atoms with Gasteiger partial charge in [0.05, 0.1) is 5.56 Å². The molecule has 2 aromatic rings. The molecule has 0 aromatic heterocycles. The van der Waals surface area contributed by atoms with Crippen LogP contribution in [0.1, 0.15) is 0 Å². The molecule has 3 rings (SSSR count). The van der Waals surface area contributed by atoms with Crippen molar-refractivity contribution in [3.05, 3.63) is 36.4 Å². The van der Waals surface area contributed by atoms with E-state index in [0.29, 0.717) is 11.3 Å². The fourth-order valence-corrected chi connectivity index (χ4v) is 1.90. The second-order valence-electron chi connectivity index (χ2n) is 3.72. The number of phenolic OH excluding ortho intramolecular Hbond substituents is 2. The van der Waals surface area contributed by atoms with Gasteiger partial charge in [-0.1, -0.05) is 30.3 Å². The smallest absolute Gasteiger partial charge is 0.231 e. The molecule has 1 aliphatic rings. The molecule has 4 heteroatoms. The van der Waals surface area contributed by atoms with Crippen molar-refractivity contribution in [2.75, 3.05) is 6.79 Å². The normalized spacial score (nSPS) is 12.7. The lowest BCUT2D eigenvalue weighted by atomic mass is 10.0. The second kappa shape index (κ2) is 3.59. The van der Waals surface area contributed by atoms with Crippen LogP contribution in [0, 0.1) is 0 Å². The predicted molar refractivity (Wildman–Crippen MR) is 61.3 cm³/mol. The maximum atomic E-state index is 10.1. The Balaban J connectivity index is 2.24. The van der Waals surface area contributed by atoms with E-state index in [9.17, 15) is 10.2 Å². The van der Waals surface area contributed by atoms with Crippen LogP contribution in [0.25, 0.3) is 11.1 Å². The topological polar surface area (TPSA) is 58.9 Å². The molecule has 2 aromatic carbocycles. The molecule has 0 saturated carbocycles. The number of rotatable bonds is 1. The maximum Gasteiger partial charge on any atom is 0.231 e. The number of aromatic hydroxyl groups is 2. The van der Waals surface area contributed by atoms with E-state index < -0.39 is 0 Å². The lowest BCUT2D eigenvalue weighted by molar-refractivity contribution is 0.171. The number of phenols is 2. The fraction of sp³-hybridized carbons (Fsp3) is 0.0769. The van der Waals surface area contributed by atoms with Crippen LogP contribution in [0.5, 0.6) is 23.0 Å². The van der Waals surface area contributed by atoms with Gasteiger partial charge in [-0.25, -0.2) is 0 Å². The van der Waals surface area contributed by atoms with Crippen LogP contribution in [0.3, 0.4) is 0 Å². The average Bonchev–Trinajstić information content (AvgIpc) is 2.78. The highest BCUT2D eigenvalue weighted by Crippen LogP contribution is 2.50. The lowest BCUT2D eigenvalue weighted by Gasteiger charge is -2.09. The van der Waals surface area contributed by atoms with Gasteiger partial charge in [0.1, 0.15) is 5.75 Å². The van der Waals surface area contributed by atoms with E-state index in [0.717, 1.165) is 5.56 Å². The zero-order valence-electron chi connectivity index (χ0n) is 8.88. The van der Waals surface area contributed by atoms with E-state index in [1.165, 1.54) is 6.07 Å². The van der Waals surface area contributed by atoms with Gasteiger partial charge in [-0.15, -0.1) is 0 Å². The molecule has 0 radical (unpaired) electrons. The number of fused-ring (bicyclic) bond motifs is 1. The van der Waals surface area contributed by atoms with Gasteiger partial charge in [0.2, 0.25) is 12.5 Å². The van der Waals surface area contributed by atoms with Crippen LogP contribution in [0.15, 0.2) is 36.4 Å². The number of ether oxygens (including phenoxy) is 2. The molecule has 0 unspecified atom stereocenters. The molecule has 0 aliphatic carbocycles. The summed E-state index contributed by atoms with van der Waals surface area (Å²) in [5, 5.41) is 20.0. The van der Waals surface area contributed by atoms with Gasteiger partial charge in [0, 0.05) is 6.07 Å². The first-order chi connectivity index (χ1) is 8.27. The Kier molecular flexibility index (Phi) is 2.08. The number of benzene rings is 2. The molecule has 0 saturated heterocycles. The number of hydrogen-bond acceptors (Lipinski definition) is 4. The summed E-state index contributed by atoms with van der Waals surface area (Å²) in [4.78, 5) is 0. The summed E-state index contributed by atoms with van der Waals surface area (Å²) in [6.45, 7) is 0.0561. The molecule has 0 atom stereocenters. The van der Waals surface area contributed by atoms with Crippen LogP contribution in [0.2, 0.25) is 0 Å². The minimum atomic E-state index is -0.0938. The Morgan fingerprint density at radius 3 is 2.53 bits per heavy atom. The Morgan fingerprint density at radius 2 is 1.76 bits per heavy atom. The first-order valence-corrected chi connectivity index (χ1v) is 5.17. The van der Waals surface area contributed by atoms with Crippen LogP contribution >= 0.6 is 0 Å². The van der Waals surface area contributed by atoms with E-state index >= 15 is 0 Å². The van der Waals surface area contributed by atoms with Crippen molar-refractivity contribution in [3.8, 4) is 34.1 Å². The highest BCUT2D eigenvalue weighted by atomic mass is 16.7. The third kappa shape index (κ3) is 1.45. The molecular formula is C13H10O4. The Labute approximate surface area is 97.7 Å². The van der Waals surface area contributed by atoms with Gasteiger partial charge in [0.25, 0.3) is 0 Å². The fourth-order valence-electron chi connectivity index (χ4n) is 1.90. The average molecular weight is 230 g/mol. The summed E-state index contributed by atoms with van der Waals surface area (Å²) in [6.07, 6.45) is 0. The second-order valence-corrected chi connectivity index (χ2v) is 3.72. The van der Waals surface area contributed by atoms with E-state index in [1.54, 1.807) is 12.1 Å². The Bertz CT molecular complexity index is 563. The third-order valence-electron chi connectivity index (χ3n) is 2.68. The van der Waals surface area contributed by atoms with Gasteiger partial charge in [-0.05, 0) is 5.56 Å². The summed E-state index contributed by atoms with van der Waals surface area (Å²) in [5.41, 5.74) is 1.08. The molecule has 86 valence electrons. The van der Waals surface area contributed by atoms with Crippen molar-refractivity contribution in [1.82, 2.24) is 0 Å². The lowest BCUT2D eigenvalue weighted by Crippen LogP contribution is -1.93. The van der Waals surface area contributed by atoms with Gasteiger partial charge in [0.15, 0.2) is 11.5 Å². The molecule has 0 bridgehead atoms. The molecular weight excluding hydrogens is 220 g/mol. The van der Waals surface area contributed by atoms with Gasteiger partial charge < -0.3 is 19.7 Å². The van der Waals surface area contributed by atoms with Gasteiger partial charge in [-0.2, -0.15) is 0 Å². The zero-order valence-corrected chi connectivity index (χ0v) is 8.88. The number of hydrogen-bond donors (Lipinski definition) is 2. The zero-order chi connectivity index (χ0) is 11.8. The van der Waals surface area contributed by atoms with Crippen molar-refractivity contribution in [3.63, 3.8) is 0 Å². The standard InChI is InChI=1S/C13H10O4/c14-9-6-10-13(17-7-16-10)12(15)11(9)8-4-2-1-3-5-8/h1-6,14-15H,7H2. The molecule has 2 N–H and O–H groups in total. The predicted octanol–water partition coefficient (Wildman–Crippen LogP) is 2.49. The van der Waals surface area contributed by atoms with Gasteiger partial charge >= 0.3 is 0 Å². The Hall–Kier alpha value is -2.36. The van der Waals surface area contributed by atoms with Crippen molar-refractivity contribution >= 4 is 0 Å². The van der Waals surface area contributed by atoms with E-state index in [-0.39, 0.29) is 24.0 Å². The maximum absolute atomic E-state index is 10.1. The summed E-state index contributed by atoms with van der Waals surface area (Å²) < 4.78 is 10.3. The molecule has 1 heterocycles. The Morgan fingerprint density at radius 1 is 1.00 bits per heavy atom. The highest BCUT2D eigenvalue weighted by molar-refractivity contribution is 5.81. The van der Waals surface area contributed by atoms with Crippen molar-refractivity contribution in [2.45, 2.75) is 0 Å². The quantitative estimate of drug-likeness (QED) is 0.790. The van der Waals surface area contributed by atoms with Crippen molar-refractivity contribution in [2.24, 2.45) is 0 Å². The van der Waals surface area contributed by atoms with E-state index in [4.69, 9.17) is 9.47 Å². The first kappa shape index (κ1) is 9.84. The summed E-state index contributed by atoms with van der Waals surface area (Å²) in [5.74, 6) is 0.517. The molecule has 0 fully saturated rings. The van der Waals surface area contributed by atoms with E-state index in [2.05, 4.69) is 0 Å². The van der Waals surface area contributed by atoms with Crippen LogP contribution < -0.4 is 9.47 Å². The largest absolute Gasteiger partial charge is 0.507 e. The van der Waals surface area contributed by atoms with E-state index in [1.807, 2.05) is 18.2 Å². The summed E-state index contributed by atoms with van der Waals surface area (Å²) >= 11 is 0. The van der Waals surface area contributed by atoms with Crippen LogP contribution in [0.4, 0.5) is 0 Å². The van der Waals surface area contributed by atoms with Crippen LogP contribution in [-0.4, -0.2) is 17.0 Å². The monoisotopic (exact) mass is 230 g/mol. The highest BCUT2D eigenvalue weighted by Gasteiger charge is 2.24. The summed E-state index contributed by atoms with van der Waals surface area (Å²) in [6, 6.07) is 10.6. The third-order valence-corrected chi connectivity index (χ3v) is 2.68. The van der Waals surface area contributed by atoms with Crippen LogP contribution in [-0.2, 0) is 0 Å². The minimum absolute atomic E-state index is 0.0297. The minimum Gasteiger partial charge on any atom is -0.507 e. The molecule has 1 aliphatic heterocycles. The van der Waals surface area contributed by atoms with Crippen molar-refractivity contribution < 1.29 is 19.7 Å². The molecule has 0 amide bonds. The molecule has 4 nitrogen and oxygen atoms in total. The van der Waals surface area contributed by atoms with Gasteiger partial charge in [-0.3, -0.25) is 0 Å². The van der Waals surface area contributed by atoms with Crippen molar-refractivity contribution in [1.29, 1.82) is 0 Å².